The first-order chi connectivity index (χ1) is 9.60. The monoisotopic (exact) mass is 273 g/mol. The Morgan fingerprint density at radius 1 is 1.40 bits per heavy atom. The summed E-state index contributed by atoms with van der Waals surface area (Å²) >= 11 is 0. The van der Waals surface area contributed by atoms with Crippen LogP contribution in [0.15, 0.2) is 18.2 Å². The molecule has 1 aliphatic carbocycles. The predicted molar refractivity (Wildman–Crippen MR) is 77.4 cm³/mol. The standard InChI is InChI=1S/C15H19N3O2/c1-11-2-4-12(5-3-11)10-17-14-7-6-13(9-16)15(8-14)18(19)20/h6-8,11-12,17H,2-5,10H2,1H3. The molecule has 0 heterocycles. The van der Waals surface area contributed by atoms with Crippen molar-refractivity contribution >= 4 is 11.4 Å². The Hall–Kier alpha value is -2.09. The molecule has 5 nitrogen and oxygen atoms in total. The molecule has 0 atom stereocenters. The minimum atomic E-state index is -0.508. The van der Waals surface area contributed by atoms with Gasteiger partial charge in [0.05, 0.1) is 4.92 Å². The Kier molecular flexibility index (Phi) is 4.57. The molecule has 0 bridgehead atoms. The van der Waals surface area contributed by atoms with Crippen molar-refractivity contribution in [2.75, 3.05) is 11.9 Å². The number of nitrogens with one attached hydrogen (secondary N) is 1. The van der Waals surface area contributed by atoms with Gasteiger partial charge in [-0.15, -0.1) is 0 Å². The Balaban J connectivity index is 1.98. The van der Waals surface area contributed by atoms with Crippen molar-refractivity contribution in [1.29, 1.82) is 5.26 Å². The average Bonchev–Trinajstić information content (AvgIpc) is 2.46. The van der Waals surface area contributed by atoms with Gasteiger partial charge in [-0.05, 0) is 36.8 Å². The zero-order chi connectivity index (χ0) is 14.5. The highest BCUT2D eigenvalue weighted by atomic mass is 16.6. The van der Waals surface area contributed by atoms with Crippen LogP contribution in [0.2, 0.25) is 0 Å². The van der Waals surface area contributed by atoms with Gasteiger partial charge in [-0.25, -0.2) is 0 Å². The van der Waals surface area contributed by atoms with E-state index in [9.17, 15) is 10.1 Å². The topological polar surface area (TPSA) is 79.0 Å². The maximum atomic E-state index is 10.9. The highest BCUT2D eigenvalue weighted by molar-refractivity contribution is 5.59. The van der Waals surface area contributed by atoms with Crippen LogP contribution in [-0.2, 0) is 0 Å². The maximum Gasteiger partial charge on any atom is 0.289 e. The molecule has 20 heavy (non-hydrogen) atoms. The van der Waals surface area contributed by atoms with Crippen LogP contribution < -0.4 is 5.32 Å². The second-order valence-corrected chi connectivity index (χ2v) is 5.61. The van der Waals surface area contributed by atoms with Crippen LogP contribution in [-0.4, -0.2) is 11.5 Å². The summed E-state index contributed by atoms with van der Waals surface area (Å²) < 4.78 is 0. The van der Waals surface area contributed by atoms with Crippen molar-refractivity contribution in [2.24, 2.45) is 11.8 Å². The van der Waals surface area contributed by atoms with Gasteiger partial charge in [0, 0.05) is 18.3 Å². The Bertz CT molecular complexity index is 528. The minimum absolute atomic E-state index is 0.104. The normalized spacial score (nSPS) is 22.0. The summed E-state index contributed by atoms with van der Waals surface area (Å²) in [7, 11) is 0. The third-order valence-corrected chi connectivity index (χ3v) is 4.05. The SMILES string of the molecule is CC1CCC(CNc2ccc(C#N)c([N+](=O)[O-])c2)CC1. The summed E-state index contributed by atoms with van der Waals surface area (Å²) in [5.74, 6) is 1.46. The van der Waals surface area contributed by atoms with Crippen LogP contribution in [0.1, 0.15) is 38.2 Å². The second kappa shape index (κ2) is 6.38. The van der Waals surface area contributed by atoms with Gasteiger partial charge in [0.25, 0.3) is 5.69 Å². The molecule has 106 valence electrons. The van der Waals surface area contributed by atoms with Gasteiger partial charge >= 0.3 is 0 Å². The molecule has 0 aliphatic heterocycles. The van der Waals surface area contributed by atoms with E-state index in [0.717, 1.165) is 12.5 Å². The van der Waals surface area contributed by atoms with Crippen LogP contribution in [0.4, 0.5) is 11.4 Å². The lowest BCUT2D eigenvalue weighted by Crippen LogP contribution is -2.20. The van der Waals surface area contributed by atoms with Crippen molar-refractivity contribution < 1.29 is 4.92 Å². The van der Waals surface area contributed by atoms with Gasteiger partial charge in [-0.3, -0.25) is 10.1 Å². The first-order valence-electron chi connectivity index (χ1n) is 7.02. The van der Waals surface area contributed by atoms with E-state index >= 15 is 0 Å². The highest BCUT2D eigenvalue weighted by Crippen LogP contribution is 2.29. The third kappa shape index (κ3) is 3.47. The number of benzene rings is 1. The van der Waals surface area contributed by atoms with Crippen molar-refractivity contribution in [1.82, 2.24) is 0 Å². The molecule has 0 radical (unpaired) electrons. The molecule has 5 heteroatoms. The lowest BCUT2D eigenvalue weighted by Gasteiger charge is -2.26. The molecule has 0 aromatic heterocycles. The molecular formula is C15H19N3O2. The largest absolute Gasteiger partial charge is 0.385 e. The van der Waals surface area contributed by atoms with Crippen molar-refractivity contribution in [3.8, 4) is 6.07 Å². The van der Waals surface area contributed by atoms with Gasteiger partial charge in [0.1, 0.15) is 11.6 Å². The fourth-order valence-corrected chi connectivity index (χ4v) is 2.68. The van der Waals surface area contributed by atoms with Gasteiger partial charge in [-0.1, -0.05) is 19.8 Å². The van der Waals surface area contributed by atoms with Crippen molar-refractivity contribution in [3.05, 3.63) is 33.9 Å². The van der Waals surface area contributed by atoms with E-state index in [4.69, 9.17) is 5.26 Å². The first kappa shape index (κ1) is 14.3. The number of nitrogens with zero attached hydrogens (tertiary/aromatic N) is 2. The second-order valence-electron chi connectivity index (χ2n) is 5.61. The summed E-state index contributed by atoms with van der Waals surface area (Å²) in [5.41, 5.74) is 0.691. The van der Waals surface area contributed by atoms with E-state index < -0.39 is 4.92 Å². The van der Waals surface area contributed by atoms with Crippen LogP contribution in [0.5, 0.6) is 0 Å². The number of nitriles is 1. The summed E-state index contributed by atoms with van der Waals surface area (Å²) in [6, 6.07) is 6.53. The highest BCUT2D eigenvalue weighted by Gasteiger charge is 2.19. The fraction of sp³-hybridized carbons (Fsp3) is 0.533. The van der Waals surface area contributed by atoms with E-state index in [1.165, 1.54) is 37.8 Å². The van der Waals surface area contributed by atoms with Crippen LogP contribution in [0.25, 0.3) is 0 Å². The molecule has 0 amide bonds. The van der Waals surface area contributed by atoms with Crippen LogP contribution >= 0.6 is 0 Å². The zero-order valence-electron chi connectivity index (χ0n) is 11.6. The molecule has 1 saturated carbocycles. The number of hydrogen-bond donors (Lipinski definition) is 1. The Labute approximate surface area is 118 Å². The molecule has 1 aromatic rings. The van der Waals surface area contributed by atoms with Crippen molar-refractivity contribution in [2.45, 2.75) is 32.6 Å². The third-order valence-electron chi connectivity index (χ3n) is 4.05. The van der Waals surface area contributed by atoms with E-state index in [1.807, 2.05) is 6.07 Å². The van der Waals surface area contributed by atoms with Gasteiger partial charge in [0.2, 0.25) is 0 Å². The molecule has 2 rings (SSSR count). The fourth-order valence-electron chi connectivity index (χ4n) is 2.68. The molecule has 0 unspecified atom stereocenters. The molecule has 1 fully saturated rings. The number of rotatable bonds is 4. The minimum Gasteiger partial charge on any atom is -0.385 e. The number of nitro benzene ring substituents is 1. The number of nitro groups is 1. The number of anilines is 1. The molecule has 1 aliphatic rings. The average molecular weight is 273 g/mol. The van der Waals surface area contributed by atoms with Gasteiger partial charge in [-0.2, -0.15) is 5.26 Å². The van der Waals surface area contributed by atoms with E-state index in [1.54, 1.807) is 6.07 Å². The van der Waals surface area contributed by atoms with Crippen LogP contribution in [0, 0.1) is 33.3 Å². The van der Waals surface area contributed by atoms with E-state index in [0.29, 0.717) is 11.6 Å². The lowest BCUT2D eigenvalue weighted by molar-refractivity contribution is -0.385. The van der Waals surface area contributed by atoms with E-state index in [2.05, 4.69) is 12.2 Å². The van der Waals surface area contributed by atoms with Gasteiger partial charge in [0.15, 0.2) is 0 Å². The maximum absolute atomic E-state index is 10.9. The quantitative estimate of drug-likeness (QED) is 0.670. The molecule has 1 N–H and O–H groups in total. The van der Waals surface area contributed by atoms with Crippen molar-refractivity contribution in [3.63, 3.8) is 0 Å². The molecular weight excluding hydrogens is 254 g/mol. The summed E-state index contributed by atoms with van der Waals surface area (Å²) in [6.07, 6.45) is 4.96. The Morgan fingerprint density at radius 2 is 2.10 bits per heavy atom. The lowest BCUT2D eigenvalue weighted by atomic mass is 9.83. The summed E-state index contributed by atoms with van der Waals surface area (Å²) in [5, 5.41) is 23.0. The van der Waals surface area contributed by atoms with Crippen LogP contribution in [0.3, 0.4) is 0 Å². The zero-order valence-corrected chi connectivity index (χ0v) is 11.6. The first-order valence-corrected chi connectivity index (χ1v) is 7.02. The smallest absolute Gasteiger partial charge is 0.289 e. The number of hydrogen-bond acceptors (Lipinski definition) is 4. The predicted octanol–water partition coefficient (Wildman–Crippen LogP) is 3.70. The van der Waals surface area contributed by atoms with Gasteiger partial charge < -0.3 is 5.32 Å². The van der Waals surface area contributed by atoms with E-state index in [-0.39, 0.29) is 11.3 Å². The summed E-state index contributed by atoms with van der Waals surface area (Å²) in [6.45, 7) is 3.13. The Morgan fingerprint density at radius 3 is 2.70 bits per heavy atom. The molecule has 0 saturated heterocycles. The molecule has 1 aromatic carbocycles. The molecule has 0 spiro atoms. The summed E-state index contributed by atoms with van der Waals surface area (Å²) in [4.78, 5) is 10.4.